The molecule has 1 aromatic carbocycles. The highest BCUT2D eigenvalue weighted by molar-refractivity contribution is 6.00. The van der Waals surface area contributed by atoms with Gasteiger partial charge in [0.1, 0.15) is 23.7 Å². The Balaban J connectivity index is 2.02. The second-order valence-corrected chi connectivity index (χ2v) is 8.48. The first kappa shape index (κ1) is 24.3. The maximum atomic E-state index is 13.1. The molecule has 1 amide bonds. The molecule has 3 unspecified atom stereocenters. The van der Waals surface area contributed by atoms with Gasteiger partial charge in [-0.25, -0.2) is 0 Å². The highest BCUT2D eigenvalue weighted by atomic mass is 16.8. The smallest absolute Gasteiger partial charge is 0.255 e. The van der Waals surface area contributed by atoms with Gasteiger partial charge in [0.25, 0.3) is 5.91 Å². The summed E-state index contributed by atoms with van der Waals surface area (Å²) in [6.45, 7) is 6.01. The van der Waals surface area contributed by atoms with E-state index < -0.39 is 18.0 Å². The predicted molar refractivity (Wildman–Crippen MR) is 120 cm³/mol. The first-order valence-electron chi connectivity index (χ1n) is 10.7. The number of hydrogen-bond donors (Lipinski definition) is 2. The second-order valence-electron chi connectivity index (χ2n) is 8.48. The van der Waals surface area contributed by atoms with Gasteiger partial charge in [-0.1, -0.05) is 31.2 Å². The minimum absolute atomic E-state index is 0.00233. The molecule has 2 heterocycles. The van der Waals surface area contributed by atoms with E-state index in [1.165, 1.54) is 7.11 Å². The van der Waals surface area contributed by atoms with Crippen LogP contribution in [0.3, 0.4) is 0 Å². The van der Waals surface area contributed by atoms with Gasteiger partial charge in [0, 0.05) is 19.7 Å². The first-order valence-corrected chi connectivity index (χ1v) is 10.7. The van der Waals surface area contributed by atoms with Crippen LogP contribution in [0.25, 0.3) is 6.08 Å². The van der Waals surface area contributed by atoms with E-state index in [4.69, 9.17) is 23.7 Å². The van der Waals surface area contributed by atoms with Crippen molar-refractivity contribution in [3.63, 3.8) is 0 Å². The average Bonchev–Trinajstić information content (AvgIpc) is 3.07. The van der Waals surface area contributed by atoms with Crippen LogP contribution in [0.2, 0.25) is 0 Å². The number of ether oxygens (including phenoxy) is 5. The molecule has 3 rings (SSSR count). The van der Waals surface area contributed by atoms with Crippen molar-refractivity contribution in [3.05, 3.63) is 41.5 Å². The van der Waals surface area contributed by atoms with Gasteiger partial charge in [-0.05, 0) is 37.8 Å². The normalized spacial score (nSPS) is 29.8. The Morgan fingerprint density at radius 2 is 2.00 bits per heavy atom. The molecule has 8 nitrogen and oxygen atoms in total. The monoisotopic (exact) mass is 447 g/mol. The van der Waals surface area contributed by atoms with Gasteiger partial charge >= 0.3 is 0 Å². The Kier molecular flexibility index (Phi) is 7.95. The van der Waals surface area contributed by atoms with Gasteiger partial charge in [0.2, 0.25) is 0 Å². The molecular weight excluding hydrogens is 414 g/mol. The molecule has 176 valence electrons. The van der Waals surface area contributed by atoms with E-state index in [2.05, 4.69) is 5.32 Å². The van der Waals surface area contributed by atoms with E-state index in [1.807, 2.05) is 39.0 Å². The molecule has 8 heteroatoms. The lowest BCUT2D eigenvalue weighted by molar-refractivity contribution is -0.152. The molecule has 32 heavy (non-hydrogen) atoms. The van der Waals surface area contributed by atoms with E-state index in [1.54, 1.807) is 25.3 Å². The molecule has 0 radical (unpaired) electrons. The van der Waals surface area contributed by atoms with Crippen molar-refractivity contribution >= 4 is 12.0 Å². The van der Waals surface area contributed by atoms with Gasteiger partial charge in [-0.15, -0.1) is 0 Å². The molecule has 1 aromatic rings. The molecule has 0 bridgehead atoms. The lowest BCUT2D eigenvalue weighted by Gasteiger charge is -2.21. The summed E-state index contributed by atoms with van der Waals surface area (Å²) in [6, 6.07) is 3.45. The van der Waals surface area contributed by atoms with E-state index in [0.717, 1.165) is 0 Å². The van der Waals surface area contributed by atoms with Crippen molar-refractivity contribution in [2.45, 2.75) is 51.3 Å². The predicted octanol–water partition coefficient (Wildman–Crippen LogP) is 2.90. The number of nitrogens with one attached hydrogen (secondary N) is 1. The minimum Gasteiger partial charge on any atom is -0.497 e. The largest absolute Gasteiger partial charge is 0.497 e. The Labute approximate surface area is 189 Å². The average molecular weight is 448 g/mol. The third-order valence-corrected chi connectivity index (χ3v) is 5.35. The standard InChI is InChI=1S/C24H33NO7/c1-15-9-10-18(26)22-19(31-24(2,3)32-22)8-6-7-16-11-17(29-5)12-20(30-14-28-4)21(16)23(27)25-13-15/h6-7,9-12,15,18-19,22,26H,8,13-14H2,1-5H3,(H,25,27)/b7-6+,10-9-/t15-,18?,19?,22?/m1/s1. The van der Waals surface area contributed by atoms with Crippen molar-refractivity contribution in [1.29, 1.82) is 0 Å². The highest BCUT2D eigenvalue weighted by Gasteiger charge is 2.43. The number of methoxy groups -OCH3 is 2. The molecule has 0 spiro atoms. The number of aliphatic hydroxyl groups is 1. The molecule has 4 atom stereocenters. The number of benzene rings is 1. The summed E-state index contributed by atoms with van der Waals surface area (Å²) < 4.78 is 28.1. The molecular formula is C24H33NO7. The lowest BCUT2D eigenvalue weighted by atomic mass is 9.99. The van der Waals surface area contributed by atoms with Crippen LogP contribution >= 0.6 is 0 Å². The summed E-state index contributed by atoms with van der Waals surface area (Å²) >= 11 is 0. The van der Waals surface area contributed by atoms with Crippen molar-refractivity contribution in [2.75, 3.05) is 27.6 Å². The molecule has 2 aliphatic rings. The van der Waals surface area contributed by atoms with E-state index in [-0.39, 0.29) is 24.7 Å². The third kappa shape index (κ3) is 5.89. The number of fused-ring (bicyclic) bond motifs is 2. The van der Waals surface area contributed by atoms with Crippen molar-refractivity contribution in [1.82, 2.24) is 5.32 Å². The number of hydrogen-bond acceptors (Lipinski definition) is 7. The molecule has 0 aliphatic carbocycles. The van der Waals surface area contributed by atoms with Gasteiger partial charge in [-0.3, -0.25) is 4.79 Å². The Morgan fingerprint density at radius 1 is 1.22 bits per heavy atom. The number of aliphatic hydroxyl groups excluding tert-OH is 1. The molecule has 0 aromatic heterocycles. The summed E-state index contributed by atoms with van der Waals surface area (Å²) in [4.78, 5) is 13.1. The van der Waals surface area contributed by atoms with Crippen LogP contribution in [-0.4, -0.2) is 62.7 Å². The fraction of sp³-hybridized carbons (Fsp3) is 0.542. The molecule has 2 aliphatic heterocycles. The fourth-order valence-corrected chi connectivity index (χ4v) is 3.83. The van der Waals surface area contributed by atoms with Crippen molar-refractivity contribution in [3.8, 4) is 11.5 Å². The van der Waals surface area contributed by atoms with E-state index in [0.29, 0.717) is 35.6 Å². The van der Waals surface area contributed by atoms with Crippen LogP contribution < -0.4 is 14.8 Å². The Morgan fingerprint density at radius 3 is 2.72 bits per heavy atom. The van der Waals surface area contributed by atoms with Crippen molar-refractivity contribution < 1.29 is 33.6 Å². The van der Waals surface area contributed by atoms with Gasteiger partial charge in [-0.2, -0.15) is 0 Å². The van der Waals surface area contributed by atoms with E-state index in [9.17, 15) is 9.90 Å². The first-order chi connectivity index (χ1) is 15.2. The number of amides is 1. The van der Waals surface area contributed by atoms with Crippen LogP contribution in [0.4, 0.5) is 0 Å². The van der Waals surface area contributed by atoms with Gasteiger partial charge in [0.05, 0.1) is 18.8 Å². The minimum atomic E-state index is -0.822. The zero-order valence-corrected chi connectivity index (χ0v) is 19.3. The molecule has 1 fully saturated rings. The van der Waals surface area contributed by atoms with Gasteiger partial charge in [0.15, 0.2) is 12.6 Å². The SMILES string of the molecule is COCOc1cc(OC)cc2c1C(=O)NC[C@H](C)/C=C\C(O)C1OC(C)(C)OC1C/C=C/2. The Hall–Kier alpha value is -2.39. The highest BCUT2D eigenvalue weighted by Crippen LogP contribution is 2.34. The summed E-state index contributed by atoms with van der Waals surface area (Å²) in [5.41, 5.74) is 1.04. The summed E-state index contributed by atoms with van der Waals surface area (Å²) in [5.74, 6) is -0.146. The maximum absolute atomic E-state index is 13.1. The zero-order valence-electron chi connectivity index (χ0n) is 19.3. The number of rotatable bonds is 4. The summed E-state index contributed by atoms with van der Waals surface area (Å²) in [6.07, 6.45) is 6.14. The van der Waals surface area contributed by atoms with Crippen LogP contribution in [0, 0.1) is 5.92 Å². The van der Waals surface area contributed by atoms with Crippen molar-refractivity contribution in [2.24, 2.45) is 5.92 Å². The maximum Gasteiger partial charge on any atom is 0.255 e. The topological polar surface area (TPSA) is 95.5 Å². The number of carbonyl (C=O) groups is 1. The third-order valence-electron chi connectivity index (χ3n) is 5.35. The van der Waals surface area contributed by atoms with Crippen LogP contribution in [0.1, 0.15) is 43.1 Å². The van der Waals surface area contributed by atoms with Crippen LogP contribution in [0.15, 0.2) is 30.4 Å². The molecule has 1 saturated heterocycles. The second kappa shape index (κ2) is 10.5. The summed E-state index contributed by atoms with van der Waals surface area (Å²) in [7, 11) is 3.07. The fourth-order valence-electron chi connectivity index (χ4n) is 3.83. The van der Waals surface area contributed by atoms with Gasteiger partial charge < -0.3 is 34.1 Å². The number of carbonyl (C=O) groups excluding carboxylic acids is 1. The van der Waals surface area contributed by atoms with E-state index >= 15 is 0 Å². The zero-order chi connectivity index (χ0) is 23.3. The lowest BCUT2D eigenvalue weighted by Crippen LogP contribution is -2.34. The molecule has 2 N–H and O–H groups in total. The van der Waals surface area contributed by atoms with Crippen LogP contribution in [0.5, 0.6) is 11.5 Å². The molecule has 0 saturated carbocycles. The van der Waals surface area contributed by atoms with Crippen LogP contribution in [-0.2, 0) is 14.2 Å². The Bertz CT molecular complexity index is 864. The quantitative estimate of drug-likeness (QED) is 0.541. The summed E-state index contributed by atoms with van der Waals surface area (Å²) in [5, 5.41) is 13.6.